The molecule has 2 N–H and O–H groups in total. The quantitative estimate of drug-likeness (QED) is 0.563. The van der Waals surface area contributed by atoms with Crippen LogP contribution in [0.1, 0.15) is 23.7 Å². The van der Waals surface area contributed by atoms with Crippen LogP contribution in [-0.2, 0) is 13.0 Å². The van der Waals surface area contributed by atoms with Gasteiger partial charge in [0.1, 0.15) is 0 Å². The Labute approximate surface area is 157 Å². The minimum absolute atomic E-state index is 0.114. The van der Waals surface area contributed by atoms with Crippen molar-refractivity contribution in [1.82, 2.24) is 14.6 Å². The normalized spacial score (nSPS) is 11.0. The molecular weight excluding hydrogens is 336 g/mol. The molecule has 27 heavy (non-hydrogen) atoms. The summed E-state index contributed by atoms with van der Waals surface area (Å²) in [5, 5.41) is 6.46. The van der Waals surface area contributed by atoms with Gasteiger partial charge in [-0.3, -0.25) is 9.89 Å². The number of benzene rings is 2. The van der Waals surface area contributed by atoms with Gasteiger partial charge < -0.3 is 5.32 Å². The second-order valence-electron chi connectivity index (χ2n) is 6.72. The van der Waals surface area contributed by atoms with E-state index in [2.05, 4.69) is 65.6 Å². The highest BCUT2D eigenvalue weighted by atomic mass is 16.1. The van der Waals surface area contributed by atoms with Crippen LogP contribution >= 0.6 is 0 Å². The van der Waals surface area contributed by atoms with Gasteiger partial charge in [-0.2, -0.15) is 0 Å². The molecule has 2 heterocycles. The van der Waals surface area contributed by atoms with Crippen molar-refractivity contribution in [1.29, 1.82) is 0 Å². The monoisotopic (exact) mass is 358 g/mol. The molecule has 4 rings (SSSR count). The van der Waals surface area contributed by atoms with Crippen LogP contribution in [0.4, 0.5) is 5.69 Å². The van der Waals surface area contributed by atoms with Crippen molar-refractivity contribution < 1.29 is 0 Å². The number of hydrogen-bond acceptors (Lipinski definition) is 3. The summed E-state index contributed by atoms with van der Waals surface area (Å²) in [6.45, 7) is 4.69. The first kappa shape index (κ1) is 17.1. The number of hydrogen-bond donors (Lipinski definition) is 2. The highest BCUT2D eigenvalue weighted by molar-refractivity contribution is 5.64. The molecule has 0 saturated carbocycles. The van der Waals surface area contributed by atoms with Gasteiger partial charge in [0.2, 0.25) is 0 Å². The minimum atomic E-state index is -0.114. The third-order valence-corrected chi connectivity index (χ3v) is 4.70. The Morgan fingerprint density at radius 1 is 1.04 bits per heavy atom. The number of rotatable bonds is 5. The fourth-order valence-corrected chi connectivity index (χ4v) is 3.06. The van der Waals surface area contributed by atoms with Gasteiger partial charge in [-0.05, 0) is 36.6 Å². The lowest BCUT2D eigenvalue weighted by molar-refractivity contribution is 0.880. The number of anilines is 1. The number of nitrogens with one attached hydrogen (secondary N) is 2. The number of H-pyrrole nitrogens is 1. The first-order chi connectivity index (χ1) is 13.1. The van der Waals surface area contributed by atoms with E-state index in [1.165, 1.54) is 15.6 Å². The standard InChI is InChI=1S/C22H22N4O/c1-3-16-6-10-18(11-7-16)23-14-19-12-22(27)26-21(24-19)13-20(25-26)17-8-4-15(2)5-9-17/h4-13,23,25H,3,14H2,1-2H3. The Balaban J connectivity index is 1.59. The molecule has 0 aliphatic heterocycles. The van der Waals surface area contributed by atoms with Crippen LogP contribution in [0.2, 0.25) is 0 Å². The summed E-state index contributed by atoms with van der Waals surface area (Å²) in [5.74, 6) is 0. The SMILES string of the molecule is CCc1ccc(NCc2cc(=O)n3[nH]c(-c4ccc(C)cc4)cc3n2)cc1. The van der Waals surface area contributed by atoms with Crippen molar-refractivity contribution in [3.63, 3.8) is 0 Å². The number of nitrogens with zero attached hydrogens (tertiary/aromatic N) is 2. The zero-order chi connectivity index (χ0) is 18.8. The first-order valence-corrected chi connectivity index (χ1v) is 9.14. The summed E-state index contributed by atoms with van der Waals surface area (Å²) in [4.78, 5) is 17.1. The maximum atomic E-state index is 12.5. The van der Waals surface area contributed by atoms with Gasteiger partial charge in [-0.25, -0.2) is 9.50 Å². The Morgan fingerprint density at radius 2 is 1.78 bits per heavy atom. The van der Waals surface area contributed by atoms with E-state index in [1.54, 1.807) is 6.07 Å². The number of fused-ring (bicyclic) bond motifs is 1. The van der Waals surface area contributed by atoms with Gasteiger partial charge >= 0.3 is 0 Å². The van der Waals surface area contributed by atoms with Crippen LogP contribution in [0.5, 0.6) is 0 Å². The Bertz CT molecular complexity index is 1120. The predicted octanol–water partition coefficient (Wildman–Crippen LogP) is 4.17. The highest BCUT2D eigenvalue weighted by Gasteiger charge is 2.08. The molecule has 0 bridgehead atoms. The van der Waals surface area contributed by atoms with Crippen molar-refractivity contribution in [3.05, 3.63) is 87.8 Å². The third kappa shape index (κ3) is 3.62. The van der Waals surface area contributed by atoms with Crippen LogP contribution in [0.15, 0.2) is 65.5 Å². The molecule has 0 aliphatic rings. The second-order valence-corrected chi connectivity index (χ2v) is 6.72. The van der Waals surface area contributed by atoms with Gasteiger partial charge in [0.25, 0.3) is 5.56 Å². The third-order valence-electron chi connectivity index (χ3n) is 4.70. The molecule has 136 valence electrons. The summed E-state index contributed by atoms with van der Waals surface area (Å²) in [6.07, 6.45) is 1.02. The van der Waals surface area contributed by atoms with E-state index in [0.29, 0.717) is 17.9 Å². The van der Waals surface area contributed by atoms with E-state index < -0.39 is 0 Å². The minimum Gasteiger partial charge on any atom is -0.379 e. The van der Waals surface area contributed by atoms with Crippen molar-refractivity contribution in [3.8, 4) is 11.3 Å². The maximum absolute atomic E-state index is 12.5. The largest absolute Gasteiger partial charge is 0.379 e. The molecule has 5 heteroatoms. The average molecular weight is 358 g/mol. The van der Waals surface area contributed by atoms with Crippen LogP contribution in [-0.4, -0.2) is 14.6 Å². The summed E-state index contributed by atoms with van der Waals surface area (Å²) < 4.78 is 1.48. The molecule has 5 nitrogen and oxygen atoms in total. The Kier molecular flexibility index (Phi) is 4.50. The maximum Gasteiger partial charge on any atom is 0.272 e. The topological polar surface area (TPSA) is 62.2 Å². The molecule has 0 aliphatic carbocycles. The van der Waals surface area contributed by atoms with Crippen LogP contribution in [0, 0.1) is 6.92 Å². The lowest BCUT2D eigenvalue weighted by Gasteiger charge is -2.06. The molecule has 0 spiro atoms. The van der Waals surface area contributed by atoms with Crippen LogP contribution in [0.3, 0.4) is 0 Å². The van der Waals surface area contributed by atoms with Crippen LogP contribution in [0.25, 0.3) is 16.9 Å². The molecule has 2 aromatic carbocycles. The van der Waals surface area contributed by atoms with E-state index >= 15 is 0 Å². The molecule has 0 fully saturated rings. The molecule has 0 atom stereocenters. The Morgan fingerprint density at radius 3 is 2.48 bits per heavy atom. The lowest BCUT2D eigenvalue weighted by atomic mass is 10.1. The van der Waals surface area contributed by atoms with Crippen LogP contribution < -0.4 is 10.9 Å². The fraction of sp³-hybridized carbons (Fsp3) is 0.182. The smallest absolute Gasteiger partial charge is 0.272 e. The van der Waals surface area contributed by atoms with Gasteiger partial charge in [0.05, 0.1) is 17.9 Å². The molecule has 2 aromatic heterocycles. The predicted molar refractivity (Wildman–Crippen MR) is 109 cm³/mol. The van der Waals surface area contributed by atoms with E-state index in [9.17, 15) is 4.79 Å². The van der Waals surface area contributed by atoms with E-state index in [-0.39, 0.29) is 5.56 Å². The summed E-state index contributed by atoms with van der Waals surface area (Å²) in [5.41, 5.74) is 6.64. The number of aryl methyl sites for hydroxylation is 2. The molecule has 0 radical (unpaired) electrons. The first-order valence-electron chi connectivity index (χ1n) is 9.14. The molecule has 0 saturated heterocycles. The highest BCUT2D eigenvalue weighted by Crippen LogP contribution is 2.19. The lowest BCUT2D eigenvalue weighted by Crippen LogP contribution is -2.16. The summed E-state index contributed by atoms with van der Waals surface area (Å²) in [6, 6.07) is 20.0. The van der Waals surface area contributed by atoms with E-state index in [4.69, 9.17) is 0 Å². The van der Waals surface area contributed by atoms with Gasteiger partial charge in [-0.1, -0.05) is 48.9 Å². The fourth-order valence-electron chi connectivity index (χ4n) is 3.06. The van der Waals surface area contributed by atoms with Gasteiger partial charge in [0, 0.05) is 17.8 Å². The van der Waals surface area contributed by atoms with Gasteiger partial charge in [0.15, 0.2) is 5.65 Å². The zero-order valence-corrected chi connectivity index (χ0v) is 15.5. The van der Waals surface area contributed by atoms with Crippen molar-refractivity contribution in [2.24, 2.45) is 0 Å². The molecule has 0 unspecified atom stereocenters. The van der Waals surface area contributed by atoms with E-state index in [0.717, 1.165) is 23.4 Å². The summed E-state index contributed by atoms with van der Waals surface area (Å²) >= 11 is 0. The number of aromatic nitrogens is 3. The molecular formula is C22H22N4O. The van der Waals surface area contributed by atoms with Crippen molar-refractivity contribution in [2.45, 2.75) is 26.8 Å². The zero-order valence-electron chi connectivity index (χ0n) is 15.5. The molecule has 0 amide bonds. The van der Waals surface area contributed by atoms with Gasteiger partial charge in [-0.15, -0.1) is 0 Å². The summed E-state index contributed by atoms with van der Waals surface area (Å²) in [7, 11) is 0. The molecule has 4 aromatic rings. The van der Waals surface area contributed by atoms with Crippen molar-refractivity contribution in [2.75, 3.05) is 5.32 Å². The Hall–Kier alpha value is -3.34. The second kappa shape index (κ2) is 7.11. The van der Waals surface area contributed by atoms with E-state index in [1.807, 2.05) is 18.2 Å². The average Bonchev–Trinajstić information content (AvgIpc) is 3.12. The van der Waals surface area contributed by atoms with Crippen molar-refractivity contribution >= 4 is 11.3 Å². The number of aromatic amines is 1.